The summed E-state index contributed by atoms with van der Waals surface area (Å²) in [6, 6.07) is 5.84. The van der Waals surface area contributed by atoms with Gasteiger partial charge in [-0.3, -0.25) is 4.90 Å². The van der Waals surface area contributed by atoms with Gasteiger partial charge in [0.05, 0.1) is 18.9 Å². The van der Waals surface area contributed by atoms with Gasteiger partial charge in [-0.25, -0.2) is 14.6 Å². The van der Waals surface area contributed by atoms with Crippen molar-refractivity contribution in [2.45, 2.75) is 33.1 Å². The van der Waals surface area contributed by atoms with E-state index in [1.165, 1.54) is 22.3 Å². The molecule has 3 aromatic rings. The van der Waals surface area contributed by atoms with Crippen molar-refractivity contribution in [2.75, 3.05) is 44.2 Å². The van der Waals surface area contributed by atoms with Gasteiger partial charge in [0.15, 0.2) is 10.8 Å². The summed E-state index contributed by atoms with van der Waals surface area (Å²) in [5.41, 5.74) is 3.85. The fourth-order valence-corrected chi connectivity index (χ4v) is 5.17. The SMILES string of the molecule is [C-]#[N+]c1ccc2[nH]cc(CCCCN3CCN(c4nc(C)c(C(=O)OCC)s4)CC3)c2c1. The third-order valence-corrected chi connectivity index (χ3v) is 7.14. The van der Waals surface area contributed by atoms with Crippen LogP contribution in [-0.4, -0.2) is 60.2 Å². The van der Waals surface area contributed by atoms with E-state index in [4.69, 9.17) is 11.3 Å². The first kappa shape index (κ1) is 22.3. The van der Waals surface area contributed by atoms with E-state index in [2.05, 4.69) is 30.8 Å². The van der Waals surface area contributed by atoms with Crippen molar-refractivity contribution in [1.29, 1.82) is 0 Å². The maximum atomic E-state index is 12.1. The summed E-state index contributed by atoms with van der Waals surface area (Å²) < 4.78 is 5.13. The first-order chi connectivity index (χ1) is 15.6. The maximum absolute atomic E-state index is 12.1. The van der Waals surface area contributed by atoms with E-state index in [1.54, 1.807) is 0 Å². The number of H-pyrrole nitrogens is 1. The number of nitrogens with zero attached hydrogens (tertiary/aromatic N) is 4. The largest absolute Gasteiger partial charge is 0.462 e. The number of hydrogen-bond donors (Lipinski definition) is 1. The number of ether oxygens (including phenoxy) is 1. The molecule has 1 aliphatic heterocycles. The predicted molar refractivity (Wildman–Crippen MR) is 129 cm³/mol. The van der Waals surface area contributed by atoms with Gasteiger partial charge in [-0.1, -0.05) is 17.4 Å². The number of esters is 1. The van der Waals surface area contributed by atoms with Crippen LogP contribution in [0.15, 0.2) is 24.4 Å². The van der Waals surface area contributed by atoms with Crippen LogP contribution in [0.3, 0.4) is 0 Å². The second-order valence-electron chi connectivity index (χ2n) is 8.07. The number of thiazole rings is 1. The van der Waals surface area contributed by atoms with Gasteiger partial charge in [-0.15, -0.1) is 0 Å². The Morgan fingerprint density at radius 1 is 1.28 bits per heavy atom. The number of anilines is 1. The molecule has 0 aliphatic carbocycles. The lowest BCUT2D eigenvalue weighted by atomic mass is 10.1. The van der Waals surface area contributed by atoms with Crippen molar-refractivity contribution < 1.29 is 9.53 Å². The number of benzene rings is 1. The Morgan fingerprint density at radius 3 is 2.84 bits per heavy atom. The molecule has 1 saturated heterocycles. The number of nitrogens with one attached hydrogen (secondary N) is 1. The highest BCUT2D eigenvalue weighted by molar-refractivity contribution is 7.17. The lowest BCUT2D eigenvalue weighted by Crippen LogP contribution is -2.46. The number of unbranched alkanes of at least 4 members (excludes halogenated alkanes) is 1. The number of aryl methyl sites for hydroxylation is 2. The molecule has 7 nitrogen and oxygen atoms in total. The topological polar surface area (TPSA) is 65.8 Å². The number of piperazine rings is 1. The van der Waals surface area contributed by atoms with E-state index in [0.717, 1.165) is 68.3 Å². The van der Waals surface area contributed by atoms with E-state index in [-0.39, 0.29) is 5.97 Å². The Balaban J connectivity index is 1.23. The van der Waals surface area contributed by atoms with Crippen molar-refractivity contribution in [3.05, 3.63) is 51.9 Å². The number of aromatic amines is 1. The normalized spacial score (nSPS) is 14.6. The predicted octanol–water partition coefficient (Wildman–Crippen LogP) is 4.81. The first-order valence-corrected chi connectivity index (χ1v) is 12.0. The molecule has 1 N–H and O–H groups in total. The summed E-state index contributed by atoms with van der Waals surface area (Å²) in [5, 5.41) is 2.09. The molecule has 4 rings (SSSR count). The van der Waals surface area contributed by atoms with E-state index >= 15 is 0 Å². The molecule has 1 aromatic carbocycles. The molecule has 8 heteroatoms. The lowest BCUT2D eigenvalue weighted by molar-refractivity contribution is 0.0531. The van der Waals surface area contributed by atoms with Crippen molar-refractivity contribution in [3.8, 4) is 0 Å². The van der Waals surface area contributed by atoms with Crippen molar-refractivity contribution in [2.24, 2.45) is 0 Å². The average Bonchev–Trinajstić information content (AvgIpc) is 3.40. The molecule has 168 valence electrons. The highest BCUT2D eigenvalue weighted by atomic mass is 32.1. The van der Waals surface area contributed by atoms with Crippen LogP contribution in [0.25, 0.3) is 15.7 Å². The summed E-state index contributed by atoms with van der Waals surface area (Å²) in [6.07, 6.45) is 5.39. The highest BCUT2D eigenvalue weighted by Gasteiger charge is 2.23. The van der Waals surface area contributed by atoms with Gasteiger partial charge in [0, 0.05) is 37.9 Å². The molecule has 0 unspecified atom stereocenters. The smallest absolute Gasteiger partial charge is 0.350 e. The molecular weight excluding hydrogens is 422 g/mol. The lowest BCUT2D eigenvalue weighted by Gasteiger charge is -2.34. The molecule has 2 aromatic heterocycles. The molecule has 32 heavy (non-hydrogen) atoms. The van der Waals surface area contributed by atoms with Gasteiger partial charge < -0.3 is 14.6 Å². The van der Waals surface area contributed by atoms with Crippen molar-refractivity contribution >= 4 is 39.0 Å². The van der Waals surface area contributed by atoms with Gasteiger partial charge in [-0.05, 0) is 62.7 Å². The molecule has 0 saturated carbocycles. The van der Waals surface area contributed by atoms with E-state index in [0.29, 0.717) is 17.2 Å². The van der Waals surface area contributed by atoms with Crippen LogP contribution < -0.4 is 4.90 Å². The third-order valence-electron chi connectivity index (χ3n) is 5.94. The zero-order valence-electron chi connectivity index (χ0n) is 18.7. The standard InChI is InChI=1S/C24H29N5O2S/c1-4-31-23(30)22-17(2)27-24(32-22)29-13-11-28(12-14-29)10-6-5-7-18-16-26-21-9-8-19(25-3)15-20(18)21/h8-9,15-16,26H,4-7,10-14H2,1-2H3. The fourth-order valence-electron chi connectivity index (χ4n) is 4.16. The van der Waals surface area contributed by atoms with Crippen molar-refractivity contribution in [1.82, 2.24) is 14.9 Å². The molecule has 0 spiro atoms. The summed E-state index contributed by atoms with van der Waals surface area (Å²) in [4.78, 5) is 28.9. The van der Waals surface area contributed by atoms with Gasteiger partial charge in [0.1, 0.15) is 4.88 Å². The number of hydrogen-bond acceptors (Lipinski definition) is 6. The molecular formula is C24H29N5O2S. The second-order valence-corrected chi connectivity index (χ2v) is 9.05. The van der Waals surface area contributed by atoms with E-state index in [9.17, 15) is 4.79 Å². The van der Waals surface area contributed by atoms with Crippen LogP contribution in [0, 0.1) is 13.5 Å². The van der Waals surface area contributed by atoms with Crippen LogP contribution >= 0.6 is 11.3 Å². The fraction of sp³-hybridized carbons (Fsp3) is 0.458. The quantitative estimate of drug-likeness (QED) is 0.303. The Labute approximate surface area is 192 Å². The van der Waals surface area contributed by atoms with E-state index < -0.39 is 0 Å². The second kappa shape index (κ2) is 10.2. The maximum Gasteiger partial charge on any atom is 0.350 e. The molecule has 0 atom stereocenters. The average molecular weight is 452 g/mol. The van der Waals surface area contributed by atoms with Crippen LogP contribution in [0.1, 0.15) is 40.7 Å². The number of carbonyl (C=O) groups is 1. The first-order valence-electron chi connectivity index (χ1n) is 11.2. The Hall–Kier alpha value is -2.89. The number of aromatic nitrogens is 2. The van der Waals surface area contributed by atoms with Crippen LogP contribution in [0.5, 0.6) is 0 Å². The minimum atomic E-state index is -0.270. The summed E-state index contributed by atoms with van der Waals surface area (Å²) in [5.74, 6) is -0.270. The number of carbonyl (C=O) groups excluding carboxylic acids is 1. The molecule has 0 bridgehead atoms. The van der Waals surface area contributed by atoms with Gasteiger partial charge in [0.25, 0.3) is 0 Å². The van der Waals surface area contributed by atoms with E-state index in [1.807, 2.05) is 32.0 Å². The van der Waals surface area contributed by atoms with Crippen LogP contribution in [0.4, 0.5) is 10.8 Å². The summed E-state index contributed by atoms with van der Waals surface area (Å²) in [7, 11) is 0. The highest BCUT2D eigenvalue weighted by Crippen LogP contribution is 2.28. The van der Waals surface area contributed by atoms with Gasteiger partial charge >= 0.3 is 5.97 Å². The number of fused-ring (bicyclic) bond motifs is 1. The summed E-state index contributed by atoms with van der Waals surface area (Å²) >= 11 is 1.44. The molecule has 0 amide bonds. The zero-order chi connectivity index (χ0) is 22.5. The Kier molecular flexibility index (Phi) is 7.08. The minimum absolute atomic E-state index is 0.270. The van der Waals surface area contributed by atoms with Crippen molar-refractivity contribution in [3.63, 3.8) is 0 Å². The minimum Gasteiger partial charge on any atom is -0.462 e. The monoisotopic (exact) mass is 451 g/mol. The molecule has 1 fully saturated rings. The Morgan fingerprint density at radius 2 is 2.09 bits per heavy atom. The zero-order valence-corrected chi connectivity index (χ0v) is 19.5. The molecule has 0 radical (unpaired) electrons. The molecule has 3 heterocycles. The van der Waals surface area contributed by atoms with Crippen LogP contribution in [0.2, 0.25) is 0 Å². The Bertz CT molecular complexity index is 1120. The van der Waals surface area contributed by atoms with Gasteiger partial charge in [0.2, 0.25) is 0 Å². The molecule has 1 aliphatic rings. The van der Waals surface area contributed by atoms with Gasteiger partial charge in [-0.2, -0.15) is 0 Å². The number of rotatable bonds is 8. The summed E-state index contributed by atoms with van der Waals surface area (Å²) in [6.45, 7) is 16.3. The third kappa shape index (κ3) is 4.95. The van der Waals surface area contributed by atoms with Crippen LogP contribution in [-0.2, 0) is 11.2 Å².